The van der Waals surface area contributed by atoms with E-state index in [1.165, 1.54) is 32.6 Å². The predicted molar refractivity (Wildman–Crippen MR) is 91.6 cm³/mol. The molecule has 8 nitrogen and oxygen atoms in total. The Labute approximate surface area is 144 Å². The monoisotopic (exact) mass is 346 g/mol. The Morgan fingerprint density at radius 2 is 1.76 bits per heavy atom. The fraction of sp³-hybridized carbons (Fsp3) is 0.235. The number of hydrogen-bond acceptors (Lipinski definition) is 7. The van der Waals surface area contributed by atoms with Gasteiger partial charge in [0.15, 0.2) is 0 Å². The van der Waals surface area contributed by atoms with Crippen molar-refractivity contribution in [3.8, 4) is 17.2 Å². The van der Waals surface area contributed by atoms with E-state index in [0.717, 1.165) is 0 Å². The quantitative estimate of drug-likeness (QED) is 0.414. The molecule has 0 atom stereocenters. The smallest absolute Gasteiger partial charge is 0.269 e. The maximum absolute atomic E-state index is 10.8. The van der Waals surface area contributed by atoms with Gasteiger partial charge in [0.1, 0.15) is 23.9 Å². The van der Waals surface area contributed by atoms with Crippen molar-refractivity contribution in [2.24, 2.45) is 5.16 Å². The number of nitro benzene ring substituents is 1. The standard InChI is InChI=1S/C17H18N2O6/c1-22-14-8-16(23-2)15(17(9-14)24-3)10-18-25-11-12-5-4-6-13(7-12)19(20)21/h4-10H,11H2,1-3H3/b18-10-. The Morgan fingerprint density at radius 1 is 1.08 bits per heavy atom. The maximum atomic E-state index is 10.8. The zero-order chi connectivity index (χ0) is 18.2. The summed E-state index contributed by atoms with van der Waals surface area (Å²) < 4.78 is 15.8. The average molecular weight is 346 g/mol. The van der Waals surface area contributed by atoms with Crippen LogP contribution in [0.15, 0.2) is 41.6 Å². The Hall–Kier alpha value is -3.29. The number of hydrogen-bond donors (Lipinski definition) is 0. The fourth-order valence-electron chi connectivity index (χ4n) is 2.12. The van der Waals surface area contributed by atoms with Crippen molar-refractivity contribution in [1.29, 1.82) is 0 Å². The van der Waals surface area contributed by atoms with Gasteiger partial charge in [0.2, 0.25) is 0 Å². The van der Waals surface area contributed by atoms with Crippen molar-refractivity contribution in [3.05, 3.63) is 57.6 Å². The minimum atomic E-state index is -0.458. The molecule has 8 heteroatoms. The van der Waals surface area contributed by atoms with Gasteiger partial charge in [0.05, 0.1) is 38.0 Å². The van der Waals surface area contributed by atoms with Crippen LogP contribution in [-0.2, 0) is 11.4 Å². The highest BCUT2D eigenvalue weighted by Crippen LogP contribution is 2.32. The lowest BCUT2D eigenvalue weighted by Crippen LogP contribution is -1.98. The van der Waals surface area contributed by atoms with E-state index in [2.05, 4.69) is 5.16 Å². The third-order valence-electron chi connectivity index (χ3n) is 3.36. The maximum Gasteiger partial charge on any atom is 0.269 e. The van der Waals surface area contributed by atoms with Crippen molar-refractivity contribution >= 4 is 11.9 Å². The van der Waals surface area contributed by atoms with Crippen LogP contribution in [0.5, 0.6) is 17.2 Å². The van der Waals surface area contributed by atoms with Crippen LogP contribution in [0, 0.1) is 10.1 Å². The molecule has 0 saturated carbocycles. The molecule has 132 valence electrons. The van der Waals surface area contributed by atoms with Gasteiger partial charge in [-0.25, -0.2) is 0 Å². The molecule has 2 rings (SSSR count). The molecule has 2 aromatic carbocycles. The van der Waals surface area contributed by atoms with Gasteiger partial charge in [-0.3, -0.25) is 10.1 Å². The molecule has 2 aromatic rings. The molecule has 0 fully saturated rings. The van der Waals surface area contributed by atoms with Crippen molar-refractivity contribution in [1.82, 2.24) is 0 Å². The van der Waals surface area contributed by atoms with Crippen molar-refractivity contribution in [2.45, 2.75) is 6.61 Å². The third kappa shape index (κ3) is 4.60. The van der Waals surface area contributed by atoms with E-state index in [9.17, 15) is 10.1 Å². The number of non-ortho nitro benzene ring substituents is 1. The highest BCUT2D eigenvalue weighted by atomic mass is 16.6. The minimum absolute atomic E-state index is 0.00331. The minimum Gasteiger partial charge on any atom is -0.496 e. The van der Waals surface area contributed by atoms with Gasteiger partial charge in [0.25, 0.3) is 5.69 Å². The zero-order valence-electron chi connectivity index (χ0n) is 14.1. The molecule has 0 aromatic heterocycles. The molecular formula is C17H18N2O6. The summed E-state index contributed by atoms with van der Waals surface area (Å²) in [6.07, 6.45) is 1.45. The van der Waals surface area contributed by atoms with Crippen LogP contribution in [0.1, 0.15) is 11.1 Å². The summed E-state index contributed by atoms with van der Waals surface area (Å²) in [6, 6.07) is 9.56. The van der Waals surface area contributed by atoms with Crippen LogP contribution in [0.4, 0.5) is 5.69 Å². The van der Waals surface area contributed by atoms with Gasteiger partial charge >= 0.3 is 0 Å². The number of oxime groups is 1. The lowest BCUT2D eigenvalue weighted by molar-refractivity contribution is -0.384. The molecule has 0 saturated heterocycles. The first kappa shape index (κ1) is 18.1. The topological polar surface area (TPSA) is 92.4 Å². The van der Waals surface area contributed by atoms with Crippen LogP contribution in [-0.4, -0.2) is 32.5 Å². The molecule has 0 aliphatic carbocycles. The summed E-state index contributed by atoms with van der Waals surface area (Å²) in [5.74, 6) is 1.61. The van der Waals surface area contributed by atoms with Gasteiger partial charge < -0.3 is 19.0 Å². The van der Waals surface area contributed by atoms with Crippen LogP contribution < -0.4 is 14.2 Å². The number of rotatable bonds is 8. The largest absolute Gasteiger partial charge is 0.496 e. The lowest BCUT2D eigenvalue weighted by atomic mass is 10.2. The second kappa shape index (κ2) is 8.53. The summed E-state index contributed by atoms with van der Waals surface area (Å²) >= 11 is 0. The van der Waals surface area contributed by atoms with Gasteiger partial charge in [-0.1, -0.05) is 17.3 Å². The Bertz CT molecular complexity index is 750. The van der Waals surface area contributed by atoms with Crippen LogP contribution in [0.25, 0.3) is 0 Å². The molecule has 0 aliphatic heterocycles. The third-order valence-corrected chi connectivity index (χ3v) is 3.36. The van der Waals surface area contributed by atoms with Gasteiger partial charge in [-0.15, -0.1) is 0 Å². The number of nitro groups is 1. The summed E-state index contributed by atoms with van der Waals surface area (Å²) in [6.45, 7) is 0.0962. The number of nitrogens with zero attached hydrogens (tertiary/aromatic N) is 2. The molecule has 0 aliphatic rings. The van der Waals surface area contributed by atoms with Crippen molar-refractivity contribution in [3.63, 3.8) is 0 Å². The first-order chi connectivity index (χ1) is 12.1. The van der Waals surface area contributed by atoms with Crippen molar-refractivity contribution in [2.75, 3.05) is 21.3 Å². The number of methoxy groups -OCH3 is 3. The summed E-state index contributed by atoms with van der Waals surface area (Å²) in [5.41, 5.74) is 1.23. The summed E-state index contributed by atoms with van der Waals surface area (Å²) in [5, 5.41) is 14.6. The Balaban J connectivity index is 2.12. The predicted octanol–water partition coefficient (Wildman–Crippen LogP) is 3.17. The van der Waals surface area contributed by atoms with E-state index in [1.54, 1.807) is 31.4 Å². The summed E-state index contributed by atoms with van der Waals surface area (Å²) in [4.78, 5) is 15.5. The molecule has 0 bridgehead atoms. The normalized spacial score (nSPS) is 10.5. The lowest BCUT2D eigenvalue weighted by Gasteiger charge is -2.11. The van der Waals surface area contributed by atoms with Gasteiger partial charge in [-0.05, 0) is 5.56 Å². The van der Waals surface area contributed by atoms with E-state index in [-0.39, 0.29) is 12.3 Å². The highest BCUT2D eigenvalue weighted by Gasteiger charge is 2.11. The van der Waals surface area contributed by atoms with E-state index in [1.807, 2.05) is 0 Å². The summed E-state index contributed by atoms with van der Waals surface area (Å²) in [7, 11) is 4.59. The molecule has 0 amide bonds. The van der Waals surface area contributed by atoms with Crippen LogP contribution >= 0.6 is 0 Å². The van der Waals surface area contributed by atoms with Crippen LogP contribution in [0.3, 0.4) is 0 Å². The molecule has 0 unspecified atom stereocenters. The second-order valence-electron chi connectivity index (χ2n) is 4.88. The number of benzene rings is 2. The van der Waals surface area contributed by atoms with Crippen LogP contribution in [0.2, 0.25) is 0 Å². The SMILES string of the molecule is COc1cc(OC)c(/C=N\OCc2cccc([N+](=O)[O-])c2)c(OC)c1. The molecule has 0 heterocycles. The Kier molecular flexibility index (Phi) is 6.16. The molecule has 0 N–H and O–H groups in total. The van der Waals surface area contributed by atoms with Gasteiger partial charge in [0, 0.05) is 24.3 Å². The first-order valence-electron chi connectivity index (χ1n) is 7.27. The van der Waals surface area contributed by atoms with Crippen molar-refractivity contribution < 1.29 is 24.0 Å². The zero-order valence-corrected chi connectivity index (χ0v) is 14.1. The van der Waals surface area contributed by atoms with E-state index < -0.39 is 4.92 Å². The molecule has 25 heavy (non-hydrogen) atoms. The Morgan fingerprint density at radius 3 is 2.32 bits per heavy atom. The van der Waals surface area contributed by atoms with Gasteiger partial charge in [-0.2, -0.15) is 0 Å². The first-order valence-corrected chi connectivity index (χ1v) is 7.27. The highest BCUT2D eigenvalue weighted by molar-refractivity contribution is 5.87. The number of ether oxygens (including phenoxy) is 3. The van der Waals surface area contributed by atoms with E-state index in [4.69, 9.17) is 19.0 Å². The second-order valence-corrected chi connectivity index (χ2v) is 4.88. The molecule has 0 radical (unpaired) electrons. The van der Waals surface area contributed by atoms with E-state index >= 15 is 0 Å². The van der Waals surface area contributed by atoms with E-state index in [0.29, 0.717) is 28.4 Å². The molecular weight excluding hydrogens is 328 g/mol. The fourth-order valence-corrected chi connectivity index (χ4v) is 2.12. The average Bonchev–Trinajstić information content (AvgIpc) is 2.64. The molecule has 0 spiro atoms.